The number of halogens is 2. The Balaban J connectivity index is 1.89. The second-order valence-electron chi connectivity index (χ2n) is 4.15. The van der Waals surface area contributed by atoms with Crippen LogP contribution in [-0.4, -0.2) is 41.7 Å². The van der Waals surface area contributed by atoms with Crippen LogP contribution in [0.5, 0.6) is 5.75 Å². The maximum atomic E-state index is 12.8. The Bertz CT molecular complexity index is 455. The molecular formula is C12H13ClFNO3. The van der Waals surface area contributed by atoms with E-state index in [1.54, 1.807) is 0 Å². The Kier molecular flexibility index (Phi) is 4.04. The molecule has 0 bridgehead atoms. The molecule has 0 unspecified atom stereocenters. The van der Waals surface area contributed by atoms with Crippen molar-refractivity contribution in [1.82, 2.24) is 4.90 Å². The lowest BCUT2D eigenvalue weighted by Crippen LogP contribution is -2.33. The fourth-order valence-electron chi connectivity index (χ4n) is 1.79. The van der Waals surface area contributed by atoms with Crippen LogP contribution in [-0.2, 0) is 4.79 Å². The van der Waals surface area contributed by atoms with Crippen molar-refractivity contribution in [2.24, 2.45) is 0 Å². The number of hydrogen-bond donors (Lipinski definition) is 1. The molecule has 0 spiro atoms. The van der Waals surface area contributed by atoms with Crippen LogP contribution < -0.4 is 4.74 Å². The largest absolute Gasteiger partial charge is 0.482 e. The quantitative estimate of drug-likeness (QED) is 0.907. The SMILES string of the molecule is O=C(COc1ccc(F)cc1Cl)N1CC[C@H](O)C1. The average molecular weight is 274 g/mol. The molecule has 1 fully saturated rings. The van der Waals surface area contributed by atoms with E-state index in [9.17, 15) is 14.3 Å². The first kappa shape index (κ1) is 13.1. The Morgan fingerprint density at radius 2 is 2.39 bits per heavy atom. The van der Waals surface area contributed by atoms with E-state index < -0.39 is 11.9 Å². The monoisotopic (exact) mass is 273 g/mol. The van der Waals surface area contributed by atoms with Gasteiger partial charge in [-0.05, 0) is 24.6 Å². The first-order chi connectivity index (χ1) is 8.56. The molecule has 1 aliphatic rings. The van der Waals surface area contributed by atoms with Crippen LogP contribution in [0.25, 0.3) is 0 Å². The molecular weight excluding hydrogens is 261 g/mol. The van der Waals surface area contributed by atoms with E-state index in [2.05, 4.69) is 0 Å². The zero-order chi connectivity index (χ0) is 13.1. The molecule has 0 saturated carbocycles. The number of aliphatic hydroxyl groups is 1. The number of carbonyl (C=O) groups is 1. The number of carbonyl (C=O) groups excluding carboxylic acids is 1. The van der Waals surface area contributed by atoms with Gasteiger partial charge in [-0.2, -0.15) is 0 Å². The maximum Gasteiger partial charge on any atom is 0.260 e. The van der Waals surface area contributed by atoms with Crippen molar-refractivity contribution >= 4 is 17.5 Å². The molecule has 0 aliphatic carbocycles. The fraction of sp³-hybridized carbons (Fsp3) is 0.417. The number of benzene rings is 1. The molecule has 0 radical (unpaired) electrons. The summed E-state index contributed by atoms with van der Waals surface area (Å²) in [5.41, 5.74) is 0. The predicted molar refractivity (Wildman–Crippen MR) is 64.1 cm³/mol. The smallest absolute Gasteiger partial charge is 0.260 e. The normalized spacial score (nSPS) is 19.1. The molecule has 98 valence electrons. The number of nitrogens with zero attached hydrogens (tertiary/aromatic N) is 1. The molecule has 1 heterocycles. The van der Waals surface area contributed by atoms with E-state index in [-0.39, 0.29) is 23.3 Å². The number of aliphatic hydroxyl groups excluding tert-OH is 1. The van der Waals surface area contributed by atoms with Gasteiger partial charge in [-0.25, -0.2) is 4.39 Å². The van der Waals surface area contributed by atoms with Crippen LogP contribution in [0.3, 0.4) is 0 Å². The van der Waals surface area contributed by atoms with Crippen molar-refractivity contribution in [2.45, 2.75) is 12.5 Å². The van der Waals surface area contributed by atoms with Crippen LogP contribution in [0.4, 0.5) is 4.39 Å². The molecule has 6 heteroatoms. The Morgan fingerprint density at radius 3 is 3.00 bits per heavy atom. The third-order valence-electron chi connectivity index (χ3n) is 2.76. The molecule has 1 amide bonds. The molecule has 1 saturated heterocycles. The van der Waals surface area contributed by atoms with Gasteiger partial charge < -0.3 is 14.7 Å². The number of amides is 1. The van der Waals surface area contributed by atoms with Crippen LogP contribution >= 0.6 is 11.6 Å². The fourth-order valence-corrected chi connectivity index (χ4v) is 2.01. The summed E-state index contributed by atoms with van der Waals surface area (Å²) in [6.07, 6.45) is 0.131. The van der Waals surface area contributed by atoms with Crippen molar-refractivity contribution in [2.75, 3.05) is 19.7 Å². The minimum Gasteiger partial charge on any atom is -0.482 e. The third kappa shape index (κ3) is 3.11. The number of hydrogen-bond acceptors (Lipinski definition) is 3. The lowest BCUT2D eigenvalue weighted by atomic mass is 10.3. The first-order valence-electron chi connectivity index (χ1n) is 5.60. The zero-order valence-electron chi connectivity index (χ0n) is 9.60. The summed E-state index contributed by atoms with van der Waals surface area (Å²) in [4.78, 5) is 13.2. The topological polar surface area (TPSA) is 49.8 Å². The lowest BCUT2D eigenvalue weighted by molar-refractivity contribution is -0.132. The van der Waals surface area contributed by atoms with Crippen molar-refractivity contribution in [1.29, 1.82) is 0 Å². The predicted octanol–water partition coefficient (Wildman–Crippen LogP) is 1.45. The zero-order valence-corrected chi connectivity index (χ0v) is 10.4. The minimum atomic E-state index is -0.457. The van der Waals surface area contributed by atoms with Crippen molar-refractivity contribution in [3.05, 3.63) is 29.0 Å². The van der Waals surface area contributed by atoms with Gasteiger partial charge in [-0.15, -0.1) is 0 Å². The van der Waals surface area contributed by atoms with Gasteiger partial charge >= 0.3 is 0 Å². The molecule has 1 atom stereocenters. The van der Waals surface area contributed by atoms with Crippen LogP contribution in [0.1, 0.15) is 6.42 Å². The van der Waals surface area contributed by atoms with E-state index in [1.165, 1.54) is 17.0 Å². The van der Waals surface area contributed by atoms with E-state index >= 15 is 0 Å². The van der Waals surface area contributed by atoms with Gasteiger partial charge in [0.25, 0.3) is 5.91 Å². The summed E-state index contributed by atoms with van der Waals surface area (Å²) < 4.78 is 18.0. The van der Waals surface area contributed by atoms with Crippen LogP contribution in [0, 0.1) is 5.82 Å². The third-order valence-corrected chi connectivity index (χ3v) is 3.06. The number of likely N-dealkylation sites (tertiary alicyclic amines) is 1. The standard InChI is InChI=1S/C12H13ClFNO3/c13-10-5-8(14)1-2-11(10)18-7-12(17)15-4-3-9(16)6-15/h1-2,5,9,16H,3-4,6-7H2/t9-/m0/s1. The summed E-state index contributed by atoms with van der Waals surface area (Å²) in [5, 5.41) is 9.44. The molecule has 2 rings (SSSR count). The highest BCUT2D eigenvalue weighted by atomic mass is 35.5. The molecule has 4 nitrogen and oxygen atoms in total. The van der Waals surface area contributed by atoms with Gasteiger partial charge in [0.1, 0.15) is 11.6 Å². The molecule has 1 aromatic carbocycles. The molecule has 1 N–H and O–H groups in total. The average Bonchev–Trinajstić information content (AvgIpc) is 2.74. The Morgan fingerprint density at radius 1 is 1.61 bits per heavy atom. The highest BCUT2D eigenvalue weighted by Crippen LogP contribution is 2.24. The number of ether oxygens (including phenoxy) is 1. The van der Waals surface area contributed by atoms with Crippen molar-refractivity contribution in [3.63, 3.8) is 0 Å². The van der Waals surface area contributed by atoms with Crippen molar-refractivity contribution < 1.29 is 19.0 Å². The molecule has 1 aliphatic heterocycles. The van der Waals surface area contributed by atoms with Gasteiger partial charge in [0.15, 0.2) is 6.61 Å². The van der Waals surface area contributed by atoms with E-state index in [0.717, 1.165) is 6.07 Å². The lowest BCUT2D eigenvalue weighted by Gasteiger charge is -2.16. The Hall–Kier alpha value is -1.33. The van der Waals surface area contributed by atoms with Crippen LogP contribution in [0.15, 0.2) is 18.2 Å². The summed E-state index contributed by atoms with van der Waals surface area (Å²) in [6, 6.07) is 3.72. The molecule has 1 aromatic rings. The number of rotatable bonds is 3. The van der Waals surface area contributed by atoms with Gasteiger partial charge in [-0.3, -0.25) is 4.79 Å². The molecule has 0 aromatic heterocycles. The second-order valence-corrected chi connectivity index (χ2v) is 4.55. The van der Waals surface area contributed by atoms with E-state index in [0.29, 0.717) is 19.5 Å². The summed E-state index contributed by atoms with van der Waals surface area (Å²) in [6.45, 7) is 0.692. The van der Waals surface area contributed by atoms with Gasteiger partial charge in [0, 0.05) is 13.1 Å². The van der Waals surface area contributed by atoms with Crippen LogP contribution in [0.2, 0.25) is 5.02 Å². The highest BCUT2D eigenvalue weighted by Gasteiger charge is 2.24. The Labute approximate surface area is 109 Å². The highest BCUT2D eigenvalue weighted by molar-refractivity contribution is 6.32. The summed E-state index contributed by atoms with van der Waals surface area (Å²) >= 11 is 5.77. The maximum absolute atomic E-state index is 12.8. The number of β-amino-alcohol motifs (C(OH)–C–C–N with tert-alkyl or cyclic N) is 1. The van der Waals surface area contributed by atoms with Crippen molar-refractivity contribution in [3.8, 4) is 5.75 Å². The minimum absolute atomic E-state index is 0.129. The van der Waals surface area contributed by atoms with E-state index in [1.807, 2.05) is 0 Å². The summed E-state index contributed by atoms with van der Waals surface area (Å²) in [7, 11) is 0. The molecule has 18 heavy (non-hydrogen) atoms. The second kappa shape index (κ2) is 5.54. The van der Waals surface area contributed by atoms with E-state index in [4.69, 9.17) is 16.3 Å². The van der Waals surface area contributed by atoms with Gasteiger partial charge in [-0.1, -0.05) is 11.6 Å². The van der Waals surface area contributed by atoms with Gasteiger partial charge in [0.05, 0.1) is 11.1 Å². The first-order valence-corrected chi connectivity index (χ1v) is 5.98. The van der Waals surface area contributed by atoms with Gasteiger partial charge in [0.2, 0.25) is 0 Å². The summed E-state index contributed by atoms with van der Waals surface area (Å²) in [5.74, 6) is -0.403.